The first-order chi connectivity index (χ1) is 9.21. The van der Waals surface area contributed by atoms with Crippen LogP contribution in [0.25, 0.3) is 0 Å². The molecule has 0 aliphatic heterocycles. The van der Waals surface area contributed by atoms with Gasteiger partial charge in [-0.3, -0.25) is 0 Å². The Morgan fingerprint density at radius 3 is 2.53 bits per heavy atom. The van der Waals surface area contributed by atoms with Crippen LogP contribution in [0, 0.1) is 6.92 Å². The second-order valence-electron chi connectivity index (χ2n) is 4.48. The van der Waals surface area contributed by atoms with Crippen LogP contribution in [-0.4, -0.2) is 9.97 Å². The van der Waals surface area contributed by atoms with Gasteiger partial charge in [-0.15, -0.1) is 0 Å². The second-order valence-corrected chi connectivity index (χ2v) is 4.48. The van der Waals surface area contributed by atoms with Gasteiger partial charge in [0.25, 0.3) is 0 Å². The van der Waals surface area contributed by atoms with Crippen molar-refractivity contribution in [2.45, 2.75) is 33.2 Å². The van der Waals surface area contributed by atoms with Crippen LogP contribution in [0.2, 0.25) is 0 Å². The zero-order chi connectivity index (χ0) is 13.7. The van der Waals surface area contributed by atoms with Crippen LogP contribution in [-0.2, 0) is 13.0 Å². The lowest BCUT2D eigenvalue weighted by Crippen LogP contribution is -2.03. The standard InChI is InChI=1S/C15H19N3O/c1-3-4-12-5-7-14(8-6-12)19-15-17-11(2)9-13(10-16)18-15/h5-9H,3-4,10,16H2,1-2H3. The van der Waals surface area contributed by atoms with Gasteiger partial charge in [0.2, 0.25) is 0 Å². The number of aromatic nitrogens is 2. The first-order valence-corrected chi connectivity index (χ1v) is 6.52. The summed E-state index contributed by atoms with van der Waals surface area (Å²) in [7, 11) is 0. The van der Waals surface area contributed by atoms with Crippen LogP contribution in [0.1, 0.15) is 30.3 Å². The van der Waals surface area contributed by atoms with E-state index in [1.807, 2.05) is 25.1 Å². The number of nitrogens with zero attached hydrogens (tertiary/aromatic N) is 2. The molecule has 0 saturated heterocycles. The zero-order valence-electron chi connectivity index (χ0n) is 11.4. The lowest BCUT2D eigenvalue weighted by molar-refractivity contribution is 0.437. The van der Waals surface area contributed by atoms with Crippen molar-refractivity contribution in [3.8, 4) is 11.8 Å². The molecule has 0 aliphatic rings. The highest BCUT2D eigenvalue weighted by Gasteiger charge is 2.04. The van der Waals surface area contributed by atoms with E-state index >= 15 is 0 Å². The summed E-state index contributed by atoms with van der Waals surface area (Å²) in [6.07, 6.45) is 2.22. The molecule has 4 nitrogen and oxygen atoms in total. The smallest absolute Gasteiger partial charge is 0.322 e. The molecule has 1 aromatic carbocycles. The Bertz CT molecular complexity index is 538. The third-order valence-corrected chi connectivity index (χ3v) is 2.77. The minimum atomic E-state index is 0.351. The molecule has 0 spiro atoms. The summed E-state index contributed by atoms with van der Waals surface area (Å²) in [5.74, 6) is 0.744. The van der Waals surface area contributed by atoms with Crippen LogP contribution in [0.5, 0.6) is 11.8 Å². The molecule has 0 atom stereocenters. The van der Waals surface area contributed by atoms with Crippen LogP contribution in [0.15, 0.2) is 30.3 Å². The summed E-state index contributed by atoms with van der Waals surface area (Å²) < 4.78 is 5.66. The van der Waals surface area contributed by atoms with Crippen molar-refractivity contribution in [3.63, 3.8) is 0 Å². The molecule has 0 amide bonds. The Morgan fingerprint density at radius 2 is 1.89 bits per heavy atom. The molecular formula is C15H19N3O. The predicted octanol–water partition coefficient (Wildman–Crippen LogP) is 2.99. The number of benzene rings is 1. The number of hydrogen-bond donors (Lipinski definition) is 1. The van der Waals surface area contributed by atoms with Gasteiger partial charge in [-0.05, 0) is 37.1 Å². The van der Waals surface area contributed by atoms with Crippen molar-refractivity contribution in [2.24, 2.45) is 5.73 Å². The van der Waals surface area contributed by atoms with Gasteiger partial charge in [0, 0.05) is 12.2 Å². The molecule has 0 radical (unpaired) electrons. The van der Waals surface area contributed by atoms with E-state index in [9.17, 15) is 0 Å². The van der Waals surface area contributed by atoms with E-state index in [2.05, 4.69) is 29.0 Å². The Labute approximate surface area is 113 Å². The average Bonchev–Trinajstić information content (AvgIpc) is 2.40. The summed E-state index contributed by atoms with van der Waals surface area (Å²) in [6.45, 7) is 4.45. The molecule has 100 valence electrons. The molecular weight excluding hydrogens is 238 g/mol. The average molecular weight is 257 g/mol. The van der Waals surface area contributed by atoms with Crippen LogP contribution < -0.4 is 10.5 Å². The van der Waals surface area contributed by atoms with Gasteiger partial charge in [0.15, 0.2) is 0 Å². The summed E-state index contributed by atoms with van der Waals surface area (Å²) in [5.41, 5.74) is 8.53. The first-order valence-electron chi connectivity index (χ1n) is 6.52. The monoisotopic (exact) mass is 257 g/mol. The molecule has 0 unspecified atom stereocenters. The minimum Gasteiger partial charge on any atom is -0.424 e. The largest absolute Gasteiger partial charge is 0.424 e. The molecule has 1 heterocycles. The highest BCUT2D eigenvalue weighted by molar-refractivity contribution is 5.29. The van der Waals surface area contributed by atoms with Gasteiger partial charge in [0.05, 0.1) is 5.69 Å². The quantitative estimate of drug-likeness (QED) is 0.894. The molecule has 2 N–H and O–H groups in total. The number of rotatable bonds is 5. The van der Waals surface area contributed by atoms with Gasteiger partial charge in [-0.2, -0.15) is 4.98 Å². The van der Waals surface area contributed by atoms with Crippen LogP contribution in [0.3, 0.4) is 0 Å². The number of nitrogens with two attached hydrogens (primary N) is 1. The summed E-state index contributed by atoms with van der Waals surface area (Å²) >= 11 is 0. The molecule has 19 heavy (non-hydrogen) atoms. The van der Waals surface area contributed by atoms with E-state index in [1.165, 1.54) is 5.56 Å². The SMILES string of the molecule is CCCc1ccc(Oc2nc(C)cc(CN)n2)cc1. The van der Waals surface area contributed by atoms with Crippen LogP contribution >= 0.6 is 0 Å². The zero-order valence-corrected chi connectivity index (χ0v) is 11.4. The van der Waals surface area contributed by atoms with E-state index in [-0.39, 0.29) is 0 Å². The van der Waals surface area contributed by atoms with Crippen molar-refractivity contribution >= 4 is 0 Å². The number of hydrogen-bond acceptors (Lipinski definition) is 4. The topological polar surface area (TPSA) is 61.0 Å². The van der Waals surface area contributed by atoms with Gasteiger partial charge in [-0.1, -0.05) is 25.5 Å². The maximum atomic E-state index is 5.66. The van der Waals surface area contributed by atoms with E-state index in [4.69, 9.17) is 10.5 Å². The number of aryl methyl sites for hydroxylation is 2. The van der Waals surface area contributed by atoms with Crippen molar-refractivity contribution in [1.29, 1.82) is 0 Å². The van der Waals surface area contributed by atoms with Crippen molar-refractivity contribution in [1.82, 2.24) is 9.97 Å². The molecule has 0 aliphatic carbocycles. The van der Waals surface area contributed by atoms with E-state index < -0.39 is 0 Å². The lowest BCUT2D eigenvalue weighted by atomic mass is 10.1. The van der Waals surface area contributed by atoms with Gasteiger partial charge >= 0.3 is 6.01 Å². The fraction of sp³-hybridized carbons (Fsp3) is 0.333. The summed E-state index contributed by atoms with van der Waals surface area (Å²) in [4.78, 5) is 8.49. The molecule has 2 aromatic rings. The van der Waals surface area contributed by atoms with Crippen molar-refractivity contribution in [3.05, 3.63) is 47.3 Å². The maximum absolute atomic E-state index is 5.66. The Balaban J connectivity index is 2.14. The van der Waals surface area contributed by atoms with Crippen molar-refractivity contribution < 1.29 is 4.74 Å². The summed E-state index contributed by atoms with van der Waals surface area (Å²) in [6, 6.07) is 10.2. The van der Waals surface area contributed by atoms with E-state index in [0.717, 1.165) is 30.0 Å². The number of ether oxygens (including phenoxy) is 1. The second kappa shape index (κ2) is 6.29. The lowest BCUT2D eigenvalue weighted by Gasteiger charge is -2.07. The molecule has 0 bridgehead atoms. The highest BCUT2D eigenvalue weighted by Crippen LogP contribution is 2.19. The third kappa shape index (κ3) is 3.76. The third-order valence-electron chi connectivity index (χ3n) is 2.77. The molecule has 0 saturated carbocycles. The van der Waals surface area contributed by atoms with Crippen LogP contribution in [0.4, 0.5) is 0 Å². The predicted molar refractivity (Wildman–Crippen MR) is 75.2 cm³/mol. The van der Waals surface area contributed by atoms with Gasteiger partial charge < -0.3 is 10.5 Å². The molecule has 0 fully saturated rings. The molecule has 2 rings (SSSR count). The van der Waals surface area contributed by atoms with Gasteiger partial charge in [0.1, 0.15) is 5.75 Å². The fourth-order valence-corrected chi connectivity index (χ4v) is 1.87. The van der Waals surface area contributed by atoms with E-state index in [1.54, 1.807) is 0 Å². The van der Waals surface area contributed by atoms with Gasteiger partial charge in [-0.25, -0.2) is 4.98 Å². The van der Waals surface area contributed by atoms with E-state index in [0.29, 0.717) is 12.6 Å². The fourth-order valence-electron chi connectivity index (χ4n) is 1.87. The highest BCUT2D eigenvalue weighted by atomic mass is 16.5. The Hall–Kier alpha value is -1.94. The molecule has 1 aromatic heterocycles. The molecule has 4 heteroatoms. The minimum absolute atomic E-state index is 0.351. The summed E-state index contributed by atoms with van der Waals surface area (Å²) in [5, 5.41) is 0. The Kier molecular flexibility index (Phi) is 4.47. The normalized spacial score (nSPS) is 10.5. The first kappa shape index (κ1) is 13.5. The Morgan fingerprint density at radius 1 is 1.16 bits per heavy atom. The maximum Gasteiger partial charge on any atom is 0.322 e. The van der Waals surface area contributed by atoms with Crippen molar-refractivity contribution in [2.75, 3.05) is 0 Å².